The molecule has 0 unspecified atom stereocenters. The Morgan fingerprint density at radius 3 is 2.82 bits per heavy atom. The van der Waals surface area contributed by atoms with E-state index in [0.717, 1.165) is 0 Å². The van der Waals surface area contributed by atoms with E-state index in [9.17, 15) is 13.2 Å². The van der Waals surface area contributed by atoms with Crippen molar-refractivity contribution in [2.45, 2.75) is 24.8 Å². The van der Waals surface area contributed by atoms with E-state index in [1.807, 2.05) is 6.92 Å². The average Bonchev–Trinajstić information content (AvgIpc) is 2.77. The molecule has 0 aliphatic carbocycles. The number of ether oxygens (including phenoxy) is 1. The minimum atomic E-state index is -3.63. The number of hydrogen-bond acceptors (Lipinski definition) is 5. The summed E-state index contributed by atoms with van der Waals surface area (Å²) in [5.74, 6) is 0.130. The second-order valence-corrected chi connectivity index (χ2v) is 5.01. The SMILES string of the molecule is CCc1ncc(S(=O)(=O)NCCC(=O)OC)[nH]1. The van der Waals surface area contributed by atoms with Gasteiger partial charge in [-0.25, -0.2) is 18.1 Å². The lowest BCUT2D eigenvalue weighted by Gasteiger charge is -2.03. The monoisotopic (exact) mass is 261 g/mol. The van der Waals surface area contributed by atoms with E-state index in [1.165, 1.54) is 13.3 Å². The lowest BCUT2D eigenvalue weighted by molar-refractivity contribution is -0.140. The third-order valence-electron chi connectivity index (χ3n) is 2.08. The van der Waals surface area contributed by atoms with Gasteiger partial charge in [0, 0.05) is 13.0 Å². The zero-order chi connectivity index (χ0) is 12.9. The van der Waals surface area contributed by atoms with Crippen molar-refractivity contribution in [3.8, 4) is 0 Å². The van der Waals surface area contributed by atoms with Crippen LogP contribution in [0.4, 0.5) is 0 Å². The molecule has 96 valence electrons. The predicted molar refractivity (Wildman–Crippen MR) is 59.8 cm³/mol. The van der Waals surface area contributed by atoms with Crippen LogP contribution in [0.1, 0.15) is 19.2 Å². The third-order valence-corrected chi connectivity index (χ3v) is 3.45. The normalized spacial score (nSPS) is 11.4. The molecule has 0 aliphatic heterocycles. The Labute approximate surface area is 99.6 Å². The molecule has 0 saturated heterocycles. The summed E-state index contributed by atoms with van der Waals surface area (Å²) in [5.41, 5.74) is 0. The molecule has 0 atom stereocenters. The fraction of sp³-hybridized carbons (Fsp3) is 0.556. The lowest BCUT2D eigenvalue weighted by Crippen LogP contribution is -2.26. The maximum absolute atomic E-state index is 11.7. The van der Waals surface area contributed by atoms with Crippen molar-refractivity contribution in [1.82, 2.24) is 14.7 Å². The molecule has 1 heterocycles. The Morgan fingerprint density at radius 1 is 1.59 bits per heavy atom. The van der Waals surface area contributed by atoms with Crippen molar-refractivity contribution in [2.75, 3.05) is 13.7 Å². The first-order valence-electron chi connectivity index (χ1n) is 5.10. The standard InChI is InChI=1S/C9H15N3O4S/c1-3-7-10-6-8(12-7)17(14,15)11-5-4-9(13)16-2/h6,11H,3-5H2,1-2H3,(H,10,12). The Balaban J connectivity index is 2.59. The first kappa shape index (κ1) is 13.7. The van der Waals surface area contributed by atoms with Gasteiger partial charge in [-0.3, -0.25) is 4.79 Å². The highest BCUT2D eigenvalue weighted by atomic mass is 32.2. The summed E-state index contributed by atoms with van der Waals surface area (Å²) in [6.07, 6.45) is 1.86. The van der Waals surface area contributed by atoms with Crippen LogP contribution >= 0.6 is 0 Å². The van der Waals surface area contributed by atoms with E-state index in [2.05, 4.69) is 19.4 Å². The number of aromatic amines is 1. The molecule has 0 spiro atoms. The van der Waals surface area contributed by atoms with Crippen LogP contribution in [0.3, 0.4) is 0 Å². The minimum Gasteiger partial charge on any atom is -0.469 e. The zero-order valence-corrected chi connectivity index (χ0v) is 10.5. The summed E-state index contributed by atoms with van der Waals surface area (Å²) in [6.45, 7) is 1.86. The highest BCUT2D eigenvalue weighted by Gasteiger charge is 2.16. The van der Waals surface area contributed by atoms with Gasteiger partial charge in [-0.15, -0.1) is 0 Å². The van der Waals surface area contributed by atoms with Crippen LogP contribution in [0.15, 0.2) is 11.2 Å². The molecule has 17 heavy (non-hydrogen) atoms. The first-order chi connectivity index (χ1) is 7.99. The molecular formula is C9H15N3O4S. The maximum Gasteiger partial charge on any atom is 0.306 e. The van der Waals surface area contributed by atoms with Gasteiger partial charge >= 0.3 is 5.97 Å². The molecule has 7 nitrogen and oxygen atoms in total. The number of nitrogens with one attached hydrogen (secondary N) is 2. The molecule has 0 bridgehead atoms. The summed E-state index contributed by atoms with van der Waals surface area (Å²) in [5, 5.41) is -0.000726. The van der Waals surface area contributed by atoms with Crippen LogP contribution in [0.25, 0.3) is 0 Å². The van der Waals surface area contributed by atoms with E-state index >= 15 is 0 Å². The largest absolute Gasteiger partial charge is 0.469 e. The molecule has 0 amide bonds. The maximum atomic E-state index is 11.7. The average molecular weight is 261 g/mol. The summed E-state index contributed by atoms with van der Waals surface area (Å²) >= 11 is 0. The van der Waals surface area contributed by atoms with Crippen LogP contribution < -0.4 is 4.72 Å². The number of aromatic nitrogens is 2. The van der Waals surface area contributed by atoms with Crippen molar-refractivity contribution in [2.24, 2.45) is 0 Å². The number of rotatable bonds is 6. The van der Waals surface area contributed by atoms with Gasteiger partial charge in [0.25, 0.3) is 10.0 Å². The summed E-state index contributed by atoms with van der Waals surface area (Å²) in [4.78, 5) is 17.4. The van der Waals surface area contributed by atoms with Gasteiger partial charge in [0.1, 0.15) is 5.82 Å². The number of carbonyl (C=O) groups excluding carboxylic acids is 1. The second kappa shape index (κ2) is 5.78. The van der Waals surface area contributed by atoms with Gasteiger partial charge in [0.05, 0.1) is 19.7 Å². The highest BCUT2D eigenvalue weighted by molar-refractivity contribution is 7.89. The number of methoxy groups -OCH3 is 1. The van der Waals surface area contributed by atoms with Gasteiger partial charge in [-0.2, -0.15) is 0 Å². The highest BCUT2D eigenvalue weighted by Crippen LogP contribution is 2.05. The Kier molecular flexibility index (Phi) is 4.64. The minimum absolute atomic E-state index is 0.000726. The molecule has 2 N–H and O–H groups in total. The molecule has 0 aliphatic rings. The number of aryl methyl sites for hydroxylation is 1. The number of carbonyl (C=O) groups is 1. The summed E-state index contributed by atoms with van der Waals surface area (Å²) in [6, 6.07) is 0. The number of H-pyrrole nitrogens is 1. The van der Waals surface area contributed by atoms with Crippen molar-refractivity contribution >= 4 is 16.0 Å². The van der Waals surface area contributed by atoms with Gasteiger partial charge in [0.15, 0.2) is 5.03 Å². The van der Waals surface area contributed by atoms with Crippen molar-refractivity contribution in [1.29, 1.82) is 0 Å². The van der Waals surface area contributed by atoms with Crippen LogP contribution in [0, 0.1) is 0 Å². The quantitative estimate of drug-likeness (QED) is 0.691. The van der Waals surface area contributed by atoms with Gasteiger partial charge in [0.2, 0.25) is 0 Å². The van der Waals surface area contributed by atoms with E-state index in [0.29, 0.717) is 12.2 Å². The fourth-order valence-electron chi connectivity index (χ4n) is 1.13. The Morgan fingerprint density at radius 2 is 2.29 bits per heavy atom. The van der Waals surface area contributed by atoms with E-state index < -0.39 is 16.0 Å². The first-order valence-corrected chi connectivity index (χ1v) is 6.58. The second-order valence-electron chi connectivity index (χ2n) is 3.27. The Hall–Kier alpha value is -1.41. The third kappa shape index (κ3) is 3.82. The summed E-state index contributed by atoms with van der Waals surface area (Å²) in [7, 11) is -2.38. The number of nitrogens with zero attached hydrogens (tertiary/aromatic N) is 1. The molecule has 1 aromatic rings. The van der Waals surface area contributed by atoms with Crippen LogP contribution in [0.5, 0.6) is 0 Å². The van der Waals surface area contributed by atoms with Crippen LogP contribution in [-0.4, -0.2) is 38.0 Å². The number of imidazole rings is 1. The van der Waals surface area contributed by atoms with E-state index in [1.54, 1.807) is 0 Å². The zero-order valence-electron chi connectivity index (χ0n) is 9.69. The lowest BCUT2D eigenvalue weighted by atomic mass is 10.4. The molecule has 1 rings (SSSR count). The number of hydrogen-bond donors (Lipinski definition) is 2. The van der Waals surface area contributed by atoms with E-state index in [4.69, 9.17) is 0 Å². The Bertz CT molecular complexity index is 480. The molecule has 1 aromatic heterocycles. The van der Waals surface area contributed by atoms with Crippen molar-refractivity contribution in [3.63, 3.8) is 0 Å². The fourth-order valence-corrected chi connectivity index (χ4v) is 2.10. The number of sulfonamides is 1. The molecule has 0 radical (unpaired) electrons. The molecule has 0 fully saturated rings. The van der Waals surface area contributed by atoms with Crippen LogP contribution in [-0.2, 0) is 26.0 Å². The van der Waals surface area contributed by atoms with Crippen molar-refractivity contribution in [3.05, 3.63) is 12.0 Å². The van der Waals surface area contributed by atoms with Crippen molar-refractivity contribution < 1.29 is 17.9 Å². The predicted octanol–water partition coefficient (Wildman–Crippen LogP) is -0.186. The topological polar surface area (TPSA) is 101 Å². The van der Waals surface area contributed by atoms with Crippen LogP contribution in [0.2, 0.25) is 0 Å². The smallest absolute Gasteiger partial charge is 0.306 e. The number of esters is 1. The summed E-state index contributed by atoms with van der Waals surface area (Å²) < 4.78 is 30.1. The molecule has 0 aromatic carbocycles. The van der Waals surface area contributed by atoms with Gasteiger partial charge in [-0.1, -0.05) is 6.92 Å². The molecule has 8 heteroatoms. The van der Waals surface area contributed by atoms with Gasteiger partial charge in [-0.05, 0) is 0 Å². The molecule has 0 saturated carbocycles. The molecular weight excluding hydrogens is 246 g/mol. The van der Waals surface area contributed by atoms with E-state index in [-0.39, 0.29) is 18.0 Å². The van der Waals surface area contributed by atoms with Gasteiger partial charge < -0.3 is 9.72 Å².